The number of thioether (sulfide) groups is 1. The van der Waals surface area contributed by atoms with Crippen molar-refractivity contribution in [1.82, 2.24) is 10.2 Å². The molecule has 0 spiro atoms. The van der Waals surface area contributed by atoms with Crippen LogP contribution in [0.5, 0.6) is 0 Å². The molecule has 4 rings (SSSR count). The van der Waals surface area contributed by atoms with Gasteiger partial charge in [0.2, 0.25) is 5.91 Å². The summed E-state index contributed by atoms with van der Waals surface area (Å²) in [6, 6.07) is 15.0. The number of halogens is 3. The predicted octanol–water partition coefficient (Wildman–Crippen LogP) is 5.93. The molecule has 2 aliphatic rings. The number of rotatable bonds is 6. The van der Waals surface area contributed by atoms with Crippen LogP contribution in [0.15, 0.2) is 59.5 Å². The summed E-state index contributed by atoms with van der Waals surface area (Å²) in [5.74, 6) is -0.244. The Kier molecular flexibility index (Phi) is 8.13. The Bertz CT molecular complexity index is 1100. The molecule has 1 aliphatic carbocycles. The number of carbonyl (C=O) groups is 2. The van der Waals surface area contributed by atoms with Crippen LogP contribution in [-0.4, -0.2) is 41.1 Å². The first-order chi connectivity index (χ1) is 17.1. The lowest BCUT2D eigenvalue weighted by Gasteiger charge is -2.44. The van der Waals surface area contributed by atoms with Gasteiger partial charge in [-0.25, -0.2) is 0 Å². The number of aryl methyl sites for hydroxylation is 1. The van der Waals surface area contributed by atoms with Crippen LogP contribution in [0.4, 0.5) is 13.2 Å². The van der Waals surface area contributed by atoms with Crippen molar-refractivity contribution in [2.75, 3.05) is 7.05 Å². The fourth-order valence-corrected chi connectivity index (χ4v) is 6.40. The Balaban J connectivity index is 1.34. The molecule has 0 radical (unpaired) electrons. The summed E-state index contributed by atoms with van der Waals surface area (Å²) in [4.78, 5) is 28.2. The Hall–Kier alpha value is -2.74. The van der Waals surface area contributed by atoms with Gasteiger partial charge in [0.1, 0.15) is 0 Å². The number of fused-ring (bicyclic) bond motifs is 1. The second-order valence-electron chi connectivity index (χ2n) is 9.71. The van der Waals surface area contributed by atoms with Crippen LogP contribution in [0.1, 0.15) is 49.3 Å². The quantitative estimate of drug-likeness (QED) is 0.485. The van der Waals surface area contributed by atoms with E-state index in [1.165, 1.54) is 29.5 Å². The molecule has 1 aliphatic heterocycles. The number of amides is 2. The molecule has 0 aromatic heterocycles. The molecular formula is C28H31F3N2O2S. The molecule has 1 heterocycles. The van der Waals surface area contributed by atoms with E-state index >= 15 is 0 Å². The lowest BCUT2D eigenvalue weighted by atomic mass is 9.83. The number of nitrogens with zero attached hydrogens (tertiary/aromatic N) is 1. The van der Waals surface area contributed by atoms with Crippen LogP contribution in [0.3, 0.4) is 0 Å². The van der Waals surface area contributed by atoms with Crippen molar-refractivity contribution in [2.24, 2.45) is 5.92 Å². The second kappa shape index (κ2) is 11.1. The summed E-state index contributed by atoms with van der Waals surface area (Å²) >= 11 is 1.48. The lowest BCUT2D eigenvalue weighted by molar-refractivity contribution is -0.137. The lowest BCUT2D eigenvalue weighted by Crippen LogP contribution is -2.52. The minimum Gasteiger partial charge on any atom is -0.353 e. The van der Waals surface area contributed by atoms with Gasteiger partial charge in [0.25, 0.3) is 5.91 Å². The zero-order valence-electron chi connectivity index (χ0n) is 20.4. The van der Waals surface area contributed by atoms with E-state index in [2.05, 4.69) is 17.4 Å². The number of carbonyl (C=O) groups excluding carboxylic acids is 2. The average Bonchev–Trinajstić information content (AvgIpc) is 2.86. The SMILES string of the molecule is CC(CCc1ccccc1)NC(=O)C1CCC2S/C(=C\c3ccc(C(F)(F)F)cc3)C(=O)N(C)C2C1. The van der Waals surface area contributed by atoms with Gasteiger partial charge in [0.15, 0.2) is 0 Å². The first-order valence-electron chi connectivity index (χ1n) is 12.3. The van der Waals surface area contributed by atoms with Gasteiger partial charge >= 0.3 is 6.18 Å². The molecule has 0 bridgehead atoms. The highest BCUT2D eigenvalue weighted by Crippen LogP contribution is 2.43. The highest BCUT2D eigenvalue weighted by atomic mass is 32.2. The molecule has 4 unspecified atom stereocenters. The van der Waals surface area contributed by atoms with Crippen molar-refractivity contribution >= 4 is 29.7 Å². The van der Waals surface area contributed by atoms with Crippen molar-refractivity contribution < 1.29 is 22.8 Å². The van der Waals surface area contributed by atoms with Gasteiger partial charge in [-0.3, -0.25) is 9.59 Å². The molecule has 2 aromatic rings. The Morgan fingerprint density at radius 1 is 1.14 bits per heavy atom. The number of benzene rings is 2. The molecule has 4 atom stereocenters. The minimum absolute atomic E-state index is 0.0450. The molecule has 1 saturated carbocycles. The van der Waals surface area contributed by atoms with E-state index in [4.69, 9.17) is 0 Å². The molecule has 1 saturated heterocycles. The summed E-state index contributed by atoms with van der Waals surface area (Å²) in [5, 5.41) is 3.32. The van der Waals surface area contributed by atoms with Gasteiger partial charge in [-0.15, -0.1) is 11.8 Å². The number of nitrogens with one attached hydrogen (secondary N) is 1. The molecule has 2 amide bonds. The van der Waals surface area contributed by atoms with E-state index in [0.29, 0.717) is 16.9 Å². The number of likely N-dealkylation sites (N-methyl/N-ethyl adjacent to an activating group) is 1. The van der Waals surface area contributed by atoms with Gasteiger partial charge in [0, 0.05) is 30.3 Å². The molecule has 8 heteroatoms. The molecule has 4 nitrogen and oxygen atoms in total. The normalized spacial score (nSPS) is 24.4. The van der Waals surface area contributed by atoms with Crippen molar-refractivity contribution in [3.63, 3.8) is 0 Å². The smallest absolute Gasteiger partial charge is 0.353 e. The zero-order valence-corrected chi connectivity index (χ0v) is 21.2. The average molecular weight is 517 g/mol. The van der Waals surface area contributed by atoms with E-state index in [1.807, 2.05) is 25.1 Å². The zero-order chi connectivity index (χ0) is 25.9. The van der Waals surface area contributed by atoms with Crippen molar-refractivity contribution in [2.45, 2.75) is 62.5 Å². The van der Waals surface area contributed by atoms with E-state index < -0.39 is 11.7 Å². The van der Waals surface area contributed by atoms with Crippen LogP contribution in [-0.2, 0) is 22.2 Å². The fourth-order valence-electron chi connectivity index (χ4n) is 4.92. The van der Waals surface area contributed by atoms with E-state index in [0.717, 1.165) is 37.8 Å². The maximum Gasteiger partial charge on any atom is 0.416 e. The highest BCUT2D eigenvalue weighted by Gasteiger charge is 2.43. The summed E-state index contributed by atoms with van der Waals surface area (Å²) in [6.45, 7) is 2.02. The Labute approximate surface area is 214 Å². The van der Waals surface area contributed by atoms with Gasteiger partial charge < -0.3 is 10.2 Å². The van der Waals surface area contributed by atoms with Crippen LogP contribution in [0, 0.1) is 5.92 Å². The van der Waals surface area contributed by atoms with Crippen LogP contribution < -0.4 is 5.32 Å². The van der Waals surface area contributed by atoms with E-state index in [9.17, 15) is 22.8 Å². The number of hydrogen-bond acceptors (Lipinski definition) is 3. The van der Waals surface area contributed by atoms with Gasteiger partial charge in [-0.1, -0.05) is 42.5 Å². The molecule has 192 valence electrons. The highest BCUT2D eigenvalue weighted by molar-refractivity contribution is 8.04. The summed E-state index contributed by atoms with van der Waals surface area (Å²) in [7, 11) is 1.75. The maximum atomic E-state index is 13.0. The summed E-state index contributed by atoms with van der Waals surface area (Å²) in [5.41, 5.74) is 1.09. The predicted molar refractivity (Wildman–Crippen MR) is 137 cm³/mol. The second-order valence-corrected chi connectivity index (χ2v) is 11.0. The summed E-state index contributed by atoms with van der Waals surface area (Å²) in [6.07, 6.45) is 1.20. The standard InChI is InChI=1S/C28H31F3N2O2S/c1-18(8-9-19-6-4-3-5-7-19)32-26(34)21-12-15-24-23(17-21)33(2)27(35)25(36-24)16-20-10-13-22(14-11-20)28(29,30)31/h3-7,10-11,13-14,16,18,21,23-24H,8-9,12,15,17H2,1-2H3,(H,32,34)/b25-16-. The maximum absolute atomic E-state index is 13.0. The number of hydrogen-bond donors (Lipinski definition) is 1. The summed E-state index contributed by atoms with van der Waals surface area (Å²) < 4.78 is 38.5. The van der Waals surface area contributed by atoms with E-state index in [-0.39, 0.29) is 35.1 Å². The Morgan fingerprint density at radius 2 is 1.83 bits per heavy atom. The van der Waals surface area contributed by atoms with Crippen LogP contribution in [0.2, 0.25) is 0 Å². The largest absolute Gasteiger partial charge is 0.416 e. The molecule has 36 heavy (non-hydrogen) atoms. The van der Waals surface area contributed by atoms with Crippen LogP contribution >= 0.6 is 11.8 Å². The van der Waals surface area contributed by atoms with E-state index in [1.54, 1.807) is 18.0 Å². The van der Waals surface area contributed by atoms with Gasteiger partial charge in [0.05, 0.1) is 10.5 Å². The third kappa shape index (κ3) is 6.33. The minimum atomic E-state index is -4.39. The van der Waals surface area contributed by atoms with Crippen molar-refractivity contribution in [3.05, 3.63) is 76.2 Å². The Morgan fingerprint density at radius 3 is 2.50 bits per heavy atom. The third-order valence-electron chi connectivity index (χ3n) is 7.07. The first kappa shape index (κ1) is 26.3. The fraction of sp³-hybridized carbons (Fsp3) is 0.429. The first-order valence-corrected chi connectivity index (χ1v) is 13.2. The van der Waals surface area contributed by atoms with Crippen molar-refractivity contribution in [1.29, 1.82) is 0 Å². The monoisotopic (exact) mass is 516 g/mol. The van der Waals surface area contributed by atoms with Gasteiger partial charge in [-0.2, -0.15) is 13.2 Å². The number of alkyl halides is 3. The third-order valence-corrected chi connectivity index (χ3v) is 8.46. The van der Waals surface area contributed by atoms with Gasteiger partial charge in [-0.05, 0) is 68.4 Å². The molecular weight excluding hydrogens is 485 g/mol. The van der Waals surface area contributed by atoms with Crippen molar-refractivity contribution in [3.8, 4) is 0 Å². The molecule has 2 aromatic carbocycles. The topological polar surface area (TPSA) is 49.4 Å². The molecule has 1 N–H and O–H groups in total. The van der Waals surface area contributed by atoms with Crippen LogP contribution in [0.25, 0.3) is 6.08 Å². The molecule has 2 fully saturated rings.